The van der Waals surface area contributed by atoms with E-state index in [4.69, 9.17) is 4.74 Å². The van der Waals surface area contributed by atoms with E-state index in [0.717, 1.165) is 32.7 Å². The van der Waals surface area contributed by atoms with Crippen LogP contribution in [0.1, 0.15) is 25.5 Å². The van der Waals surface area contributed by atoms with E-state index < -0.39 is 0 Å². The Bertz CT molecular complexity index is 342. The van der Waals surface area contributed by atoms with Gasteiger partial charge in [0.1, 0.15) is 0 Å². The first kappa shape index (κ1) is 12.6. The number of ether oxygens (including phenoxy) is 1. The van der Waals surface area contributed by atoms with Crippen molar-refractivity contribution in [3.8, 4) is 0 Å². The highest BCUT2D eigenvalue weighted by atomic mass is 16.5. The van der Waals surface area contributed by atoms with Crippen molar-refractivity contribution in [2.45, 2.75) is 26.2 Å². The molecule has 1 saturated heterocycles. The molecule has 2 heterocycles. The second kappa shape index (κ2) is 5.65. The van der Waals surface area contributed by atoms with E-state index >= 15 is 0 Å². The molecule has 4 heteroatoms. The Morgan fingerprint density at radius 1 is 1.47 bits per heavy atom. The zero-order chi connectivity index (χ0) is 12.1. The van der Waals surface area contributed by atoms with Crippen LogP contribution in [0.2, 0.25) is 0 Å². The van der Waals surface area contributed by atoms with E-state index in [2.05, 4.69) is 23.4 Å². The van der Waals surface area contributed by atoms with Gasteiger partial charge in [-0.15, -0.1) is 0 Å². The Balaban J connectivity index is 1.67. The summed E-state index contributed by atoms with van der Waals surface area (Å²) in [4.78, 5) is 0. The predicted molar refractivity (Wildman–Crippen MR) is 67.9 cm³/mol. The topological polar surface area (TPSA) is 39.1 Å². The molecule has 96 valence electrons. The molecular formula is C13H23N3O. The maximum Gasteiger partial charge on any atom is 0.0492 e. The van der Waals surface area contributed by atoms with Gasteiger partial charge in [-0.05, 0) is 24.3 Å². The highest BCUT2D eigenvalue weighted by Gasteiger charge is 2.26. The number of aryl methyl sites for hydroxylation is 1. The van der Waals surface area contributed by atoms with Gasteiger partial charge in [0.2, 0.25) is 0 Å². The number of rotatable bonds is 5. The minimum atomic E-state index is 0.421. The zero-order valence-corrected chi connectivity index (χ0v) is 10.9. The lowest BCUT2D eigenvalue weighted by atomic mass is 9.82. The minimum absolute atomic E-state index is 0.421. The van der Waals surface area contributed by atoms with Gasteiger partial charge in [-0.1, -0.05) is 6.92 Å². The lowest BCUT2D eigenvalue weighted by molar-refractivity contribution is 0.0242. The zero-order valence-electron chi connectivity index (χ0n) is 10.9. The van der Waals surface area contributed by atoms with Crippen molar-refractivity contribution in [3.05, 3.63) is 18.0 Å². The molecule has 1 aromatic heterocycles. The van der Waals surface area contributed by atoms with Crippen molar-refractivity contribution in [1.82, 2.24) is 15.1 Å². The largest absolute Gasteiger partial charge is 0.381 e. The smallest absolute Gasteiger partial charge is 0.0492 e. The van der Waals surface area contributed by atoms with Gasteiger partial charge in [0.15, 0.2) is 0 Å². The van der Waals surface area contributed by atoms with Gasteiger partial charge in [0.05, 0.1) is 0 Å². The molecule has 1 aliphatic rings. The monoisotopic (exact) mass is 237 g/mol. The Hall–Kier alpha value is -0.870. The van der Waals surface area contributed by atoms with E-state index in [0.29, 0.717) is 5.41 Å². The lowest BCUT2D eigenvalue weighted by Gasteiger charge is -2.33. The van der Waals surface area contributed by atoms with E-state index in [1.165, 1.54) is 18.5 Å². The SMILES string of the molecule is Cn1nccc1CCNCC1(C)CCOCC1. The average molecular weight is 237 g/mol. The molecule has 17 heavy (non-hydrogen) atoms. The summed E-state index contributed by atoms with van der Waals surface area (Å²) >= 11 is 0. The van der Waals surface area contributed by atoms with E-state index in [1.807, 2.05) is 17.9 Å². The number of aromatic nitrogens is 2. The number of hydrogen-bond donors (Lipinski definition) is 1. The Morgan fingerprint density at radius 3 is 2.88 bits per heavy atom. The third kappa shape index (κ3) is 3.54. The fourth-order valence-electron chi connectivity index (χ4n) is 2.29. The molecule has 4 nitrogen and oxygen atoms in total. The third-order valence-corrected chi connectivity index (χ3v) is 3.73. The number of nitrogens with one attached hydrogen (secondary N) is 1. The van der Waals surface area contributed by atoms with Gasteiger partial charge >= 0.3 is 0 Å². The van der Waals surface area contributed by atoms with Crippen LogP contribution in [0.5, 0.6) is 0 Å². The highest BCUT2D eigenvalue weighted by molar-refractivity contribution is 5.00. The van der Waals surface area contributed by atoms with Crippen LogP contribution in [0, 0.1) is 5.41 Å². The average Bonchev–Trinajstić information content (AvgIpc) is 2.72. The number of nitrogens with zero attached hydrogens (tertiary/aromatic N) is 2. The molecule has 0 aromatic carbocycles. The molecule has 1 N–H and O–H groups in total. The van der Waals surface area contributed by atoms with E-state index in [1.54, 1.807) is 0 Å². The summed E-state index contributed by atoms with van der Waals surface area (Å²) in [5.41, 5.74) is 1.71. The van der Waals surface area contributed by atoms with Crippen LogP contribution in [0.25, 0.3) is 0 Å². The molecule has 1 fully saturated rings. The van der Waals surface area contributed by atoms with Crippen molar-refractivity contribution < 1.29 is 4.74 Å². The van der Waals surface area contributed by atoms with Crippen molar-refractivity contribution >= 4 is 0 Å². The lowest BCUT2D eigenvalue weighted by Crippen LogP contribution is -2.37. The fourth-order valence-corrected chi connectivity index (χ4v) is 2.29. The molecule has 0 radical (unpaired) electrons. The second-order valence-electron chi connectivity index (χ2n) is 5.30. The Morgan fingerprint density at radius 2 is 2.24 bits per heavy atom. The quantitative estimate of drug-likeness (QED) is 0.786. The molecule has 0 saturated carbocycles. The molecule has 0 spiro atoms. The summed E-state index contributed by atoms with van der Waals surface area (Å²) in [6.07, 6.45) is 5.25. The van der Waals surface area contributed by atoms with Gasteiger partial charge < -0.3 is 10.1 Å². The first-order valence-corrected chi connectivity index (χ1v) is 6.45. The molecule has 0 atom stereocenters. The molecule has 1 aromatic rings. The van der Waals surface area contributed by atoms with Gasteiger partial charge in [-0.3, -0.25) is 4.68 Å². The molecule has 0 unspecified atom stereocenters. The van der Waals surface area contributed by atoms with Crippen LogP contribution in [-0.4, -0.2) is 36.1 Å². The fraction of sp³-hybridized carbons (Fsp3) is 0.769. The summed E-state index contributed by atoms with van der Waals surface area (Å²) in [6, 6.07) is 2.08. The van der Waals surface area contributed by atoms with Crippen LogP contribution >= 0.6 is 0 Å². The first-order chi connectivity index (χ1) is 8.20. The van der Waals surface area contributed by atoms with Crippen LogP contribution in [0.3, 0.4) is 0 Å². The van der Waals surface area contributed by atoms with Crippen molar-refractivity contribution in [2.24, 2.45) is 12.5 Å². The summed E-state index contributed by atoms with van der Waals surface area (Å²) in [5, 5.41) is 7.74. The highest BCUT2D eigenvalue weighted by Crippen LogP contribution is 2.28. The maximum absolute atomic E-state index is 5.41. The van der Waals surface area contributed by atoms with Crippen LogP contribution < -0.4 is 5.32 Å². The summed E-state index contributed by atoms with van der Waals surface area (Å²) in [7, 11) is 2.00. The van der Waals surface area contributed by atoms with Crippen molar-refractivity contribution in [2.75, 3.05) is 26.3 Å². The molecular weight excluding hydrogens is 214 g/mol. The van der Waals surface area contributed by atoms with Crippen LogP contribution in [0.4, 0.5) is 0 Å². The standard InChI is InChI=1S/C13H23N3O/c1-13(5-9-17-10-6-13)11-14-7-3-12-4-8-15-16(12)2/h4,8,14H,3,5-7,9-11H2,1-2H3. The van der Waals surface area contributed by atoms with Gasteiger partial charge in [0, 0.05) is 51.7 Å². The minimum Gasteiger partial charge on any atom is -0.381 e. The van der Waals surface area contributed by atoms with Crippen molar-refractivity contribution in [1.29, 1.82) is 0 Å². The third-order valence-electron chi connectivity index (χ3n) is 3.73. The van der Waals surface area contributed by atoms with Crippen molar-refractivity contribution in [3.63, 3.8) is 0 Å². The molecule has 0 amide bonds. The van der Waals surface area contributed by atoms with Gasteiger partial charge in [-0.2, -0.15) is 5.10 Å². The maximum atomic E-state index is 5.41. The summed E-state index contributed by atoms with van der Waals surface area (Å²) in [6.45, 7) is 6.30. The molecule has 0 aliphatic carbocycles. The molecule has 2 rings (SSSR count). The predicted octanol–water partition coefficient (Wildman–Crippen LogP) is 1.37. The normalized spacial score (nSPS) is 19.4. The Labute approximate surface area is 103 Å². The van der Waals surface area contributed by atoms with E-state index in [9.17, 15) is 0 Å². The first-order valence-electron chi connectivity index (χ1n) is 6.45. The summed E-state index contributed by atoms with van der Waals surface area (Å²) in [5.74, 6) is 0. The van der Waals surface area contributed by atoms with Gasteiger partial charge in [-0.25, -0.2) is 0 Å². The van der Waals surface area contributed by atoms with E-state index in [-0.39, 0.29) is 0 Å². The second-order valence-corrected chi connectivity index (χ2v) is 5.30. The van der Waals surface area contributed by atoms with Crippen LogP contribution in [0.15, 0.2) is 12.3 Å². The Kier molecular flexibility index (Phi) is 4.18. The summed E-state index contributed by atoms with van der Waals surface area (Å²) < 4.78 is 7.35. The molecule has 0 bridgehead atoms. The molecule has 1 aliphatic heterocycles. The van der Waals surface area contributed by atoms with Gasteiger partial charge in [0.25, 0.3) is 0 Å². The number of hydrogen-bond acceptors (Lipinski definition) is 3. The van der Waals surface area contributed by atoms with Crippen LogP contribution in [-0.2, 0) is 18.2 Å².